The highest BCUT2D eigenvalue weighted by Crippen LogP contribution is 2.21. The summed E-state index contributed by atoms with van der Waals surface area (Å²) in [5.41, 5.74) is 6.80. The van der Waals surface area contributed by atoms with Gasteiger partial charge in [0.05, 0.1) is 12.2 Å². The van der Waals surface area contributed by atoms with Crippen molar-refractivity contribution in [2.24, 2.45) is 0 Å². The van der Waals surface area contributed by atoms with Crippen LogP contribution in [0.3, 0.4) is 0 Å². The molecule has 0 saturated carbocycles. The Morgan fingerprint density at radius 3 is 2.50 bits per heavy atom. The van der Waals surface area contributed by atoms with Crippen LogP contribution in [0, 0.1) is 12.7 Å². The number of rotatable bonds is 4. The topological polar surface area (TPSA) is 52.3 Å². The third kappa shape index (κ3) is 2.79. The van der Waals surface area contributed by atoms with Crippen molar-refractivity contribution in [3.05, 3.63) is 58.9 Å². The summed E-state index contributed by atoms with van der Waals surface area (Å²) >= 11 is 0. The number of carbonyl (C=O) groups is 1. The van der Waals surface area contributed by atoms with Crippen molar-refractivity contribution in [1.82, 2.24) is 0 Å². The summed E-state index contributed by atoms with van der Waals surface area (Å²) in [6.07, 6.45) is 0. The van der Waals surface area contributed by atoms with E-state index in [9.17, 15) is 9.18 Å². The van der Waals surface area contributed by atoms with Gasteiger partial charge in [-0.25, -0.2) is 4.39 Å². The molecule has 0 spiro atoms. The number of anilines is 1. The molecule has 0 fully saturated rings. The molecular weight excluding hydrogens is 257 g/mol. The first-order chi connectivity index (χ1) is 9.52. The van der Waals surface area contributed by atoms with Crippen molar-refractivity contribution >= 4 is 11.5 Å². The van der Waals surface area contributed by atoms with E-state index in [1.807, 2.05) is 6.92 Å². The lowest BCUT2D eigenvalue weighted by molar-refractivity contribution is 0.103. The van der Waals surface area contributed by atoms with Crippen LogP contribution >= 0.6 is 0 Å². The molecule has 0 unspecified atom stereocenters. The Morgan fingerprint density at radius 1 is 1.25 bits per heavy atom. The predicted octanol–water partition coefficient (Wildman–Crippen LogP) is 3.35. The number of benzene rings is 2. The van der Waals surface area contributed by atoms with Crippen molar-refractivity contribution in [2.45, 2.75) is 13.8 Å². The van der Waals surface area contributed by atoms with Gasteiger partial charge in [-0.2, -0.15) is 0 Å². The molecular formula is C16H16FNO2. The van der Waals surface area contributed by atoms with Gasteiger partial charge in [0.25, 0.3) is 0 Å². The van der Waals surface area contributed by atoms with E-state index in [4.69, 9.17) is 10.5 Å². The maximum absolute atomic E-state index is 14.0. The summed E-state index contributed by atoms with van der Waals surface area (Å²) in [6, 6.07) is 9.48. The van der Waals surface area contributed by atoms with Gasteiger partial charge in [-0.05, 0) is 55.8 Å². The predicted molar refractivity (Wildman–Crippen MR) is 76.6 cm³/mol. The van der Waals surface area contributed by atoms with Gasteiger partial charge in [-0.3, -0.25) is 4.79 Å². The molecule has 2 N–H and O–H groups in total. The van der Waals surface area contributed by atoms with Crippen LogP contribution in [0.15, 0.2) is 36.4 Å². The van der Waals surface area contributed by atoms with E-state index in [-0.39, 0.29) is 11.3 Å². The summed E-state index contributed by atoms with van der Waals surface area (Å²) in [7, 11) is 0. The van der Waals surface area contributed by atoms with E-state index in [1.165, 1.54) is 12.1 Å². The average molecular weight is 273 g/mol. The summed E-state index contributed by atoms with van der Waals surface area (Å²) in [5.74, 6) is -0.243. The van der Waals surface area contributed by atoms with Crippen molar-refractivity contribution in [1.29, 1.82) is 0 Å². The Bertz CT molecular complexity index is 636. The third-order valence-electron chi connectivity index (χ3n) is 2.95. The first kappa shape index (κ1) is 14.1. The molecule has 20 heavy (non-hydrogen) atoms. The van der Waals surface area contributed by atoms with Crippen LogP contribution in [-0.4, -0.2) is 12.4 Å². The summed E-state index contributed by atoms with van der Waals surface area (Å²) in [6.45, 7) is 4.01. The normalized spacial score (nSPS) is 10.3. The number of hydrogen-bond acceptors (Lipinski definition) is 3. The van der Waals surface area contributed by atoms with Crippen molar-refractivity contribution in [3.63, 3.8) is 0 Å². The molecule has 0 amide bonds. The molecule has 0 aromatic heterocycles. The fourth-order valence-electron chi connectivity index (χ4n) is 1.99. The fraction of sp³-hybridized carbons (Fsp3) is 0.188. The Morgan fingerprint density at radius 2 is 1.90 bits per heavy atom. The molecule has 0 aliphatic heterocycles. The number of carbonyl (C=O) groups excluding carboxylic acids is 1. The molecule has 2 rings (SSSR count). The Kier molecular flexibility index (Phi) is 4.03. The molecule has 0 saturated heterocycles. The van der Waals surface area contributed by atoms with Crippen LogP contribution in [0.25, 0.3) is 0 Å². The molecule has 0 heterocycles. The van der Waals surface area contributed by atoms with E-state index in [0.717, 1.165) is 0 Å². The fourth-order valence-corrected chi connectivity index (χ4v) is 1.99. The summed E-state index contributed by atoms with van der Waals surface area (Å²) in [4.78, 5) is 12.3. The number of nitrogens with two attached hydrogens (primary N) is 1. The largest absolute Gasteiger partial charge is 0.494 e. The first-order valence-electron chi connectivity index (χ1n) is 6.36. The SMILES string of the molecule is CCOc1ccc(C(=O)c2cc(N)cc(C)c2F)cc1. The lowest BCUT2D eigenvalue weighted by Gasteiger charge is -2.08. The number of ether oxygens (including phenoxy) is 1. The van der Waals surface area contributed by atoms with E-state index >= 15 is 0 Å². The number of halogens is 1. The first-order valence-corrected chi connectivity index (χ1v) is 6.36. The number of ketones is 1. The Labute approximate surface area is 117 Å². The molecule has 0 atom stereocenters. The van der Waals surface area contributed by atoms with E-state index in [1.54, 1.807) is 31.2 Å². The van der Waals surface area contributed by atoms with Crippen LogP contribution in [0.5, 0.6) is 5.75 Å². The van der Waals surface area contributed by atoms with Crippen LogP contribution in [0.2, 0.25) is 0 Å². The quantitative estimate of drug-likeness (QED) is 0.686. The average Bonchev–Trinajstić information content (AvgIpc) is 2.43. The smallest absolute Gasteiger partial charge is 0.196 e. The van der Waals surface area contributed by atoms with Gasteiger partial charge in [0, 0.05) is 11.3 Å². The lowest BCUT2D eigenvalue weighted by atomic mass is 10.00. The minimum atomic E-state index is -0.530. The van der Waals surface area contributed by atoms with Gasteiger partial charge >= 0.3 is 0 Å². The van der Waals surface area contributed by atoms with Crippen molar-refractivity contribution < 1.29 is 13.9 Å². The highest BCUT2D eigenvalue weighted by molar-refractivity contribution is 6.09. The second-order valence-electron chi connectivity index (χ2n) is 4.49. The molecule has 2 aromatic rings. The third-order valence-corrected chi connectivity index (χ3v) is 2.95. The van der Waals surface area contributed by atoms with Gasteiger partial charge in [0.1, 0.15) is 11.6 Å². The van der Waals surface area contributed by atoms with E-state index in [2.05, 4.69) is 0 Å². The Hall–Kier alpha value is -2.36. The number of aryl methyl sites for hydroxylation is 1. The molecule has 0 aliphatic carbocycles. The molecule has 0 bridgehead atoms. The van der Waals surface area contributed by atoms with E-state index < -0.39 is 5.82 Å². The van der Waals surface area contributed by atoms with Gasteiger partial charge in [-0.15, -0.1) is 0 Å². The number of hydrogen-bond donors (Lipinski definition) is 1. The molecule has 104 valence electrons. The monoisotopic (exact) mass is 273 g/mol. The second-order valence-corrected chi connectivity index (χ2v) is 4.49. The summed E-state index contributed by atoms with van der Waals surface area (Å²) < 4.78 is 19.3. The zero-order valence-electron chi connectivity index (χ0n) is 11.4. The van der Waals surface area contributed by atoms with Crippen molar-refractivity contribution in [2.75, 3.05) is 12.3 Å². The van der Waals surface area contributed by atoms with Gasteiger partial charge in [-0.1, -0.05) is 0 Å². The number of nitrogen functional groups attached to an aromatic ring is 1. The van der Waals surface area contributed by atoms with Crippen LogP contribution < -0.4 is 10.5 Å². The second kappa shape index (κ2) is 5.74. The maximum Gasteiger partial charge on any atom is 0.196 e. The van der Waals surface area contributed by atoms with E-state index in [0.29, 0.717) is 29.2 Å². The van der Waals surface area contributed by atoms with Gasteiger partial charge in [0.2, 0.25) is 0 Å². The minimum absolute atomic E-state index is 0.00772. The molecule has 0 radical (unpaired) electrons. The molecule has 3 nitrogen and oxygen atoms in total. The maximum atomic E-state index is 14.0. The lowest BCUT2D eigenvalue weighted by Crippen LogP contribution is -2.07. The summed E-state index contributed by atoms with van der Waals surface area (Å²) in [5, 5.41) is 0. The molecule has 0 aliphatic rings. The Balaban J connectivity index is 2.36. The van der Waals surface area contributed by atoms with Crippen LogP contribution in [0.4, 0.5) is 10.1 Å². The zero-order valence-corrected chi connectivity index (χ0v) is 11.4. The standard InChI is InChI=1S/C16H16FNO2/c1-3-20-13-6-4-11(5-7-13)16(19)14-9-12(18)8-10(2)15(14)17/h4-9H,3,18H2,1-2H3. The van der Waals surface area contributed by atoms with Crippen LogP contribution in [-0.2, 0) is 0 Å². The van der Waals surface area contributed by atoms with Gasteiger partial charge in [0.15, 0.2) is 5.78 Å². The van der Waals surface area contributed by atoms with Gasteiger partial charge < -0.3 is 10.5 Å². The molecule has 2 aromatic carbocycles. The van der Waals surface area contributed by atoms with Crippen LogP contribution in [0.1, 0.15) is 28.4 Å². The highest BCUT2D eigenvalue weighted by atomic mass is 19.1. The molecule has 4 heteroatoms. The zero-order chi connectivity index (χ0) is 14.7. The van der Waals surface area contributed by atoms with Crippen molar-refractivity contribution in [3.8, 4) is 5.75 Å². The minimum Gasteiger partial charge on any atom is -0.494 e. The highest BCUT2D eigenvalue weighted by Gasteiger charge is 2.16.